The Bertz CT molecular complexity index is 979. The molecule has 0 saturated carbocycles. The number of benzene rings is 1. The Morgan fingerprint density at radius 1 is 1.00 bits per heavy atom. The fourth-order valence-corrected chi connectivity index (χ4v) is 3.22. The summed E-state index contributed by atoms with van der Waals surface area (Å²) < 4.78 is 29.4. The van der Waals surface area contributed by atoms with E-state index in [9.17, 15) is 13.6 Å². The van der Waals surface area contributed by atoms with E-state index in [1.54, 1.807) is 24.0 Å². The van der Waals surface area contributed by atoms with Crippen molar-refractivity contribution >= 4 is 11.7 Å². The Hall–Kier alpha value is -3.36. The highest BCUT2D eigenvalue weighted by atomic mass is 19.1. The normalized spacial score (nSPS) is 14.4. The molecule has 9 heteroatoms. The lowest BCUT2D eigenvalue weighted by Gasteiger charge is -2.35. The molecule has 3 heterocycles. The molecule has 0 aliphatic carbocycles. The van der Waals surface area contributed by atoms with Gasteiger partial charge in [-0.15, -0.1) is 0 Å². The largest absolute Gasteiger partial charge is 0.353 e. The fourth-order valence-electron chi connectivity index (χ4n) is 3.22. The molecule has 2 aromatic heterocycles. The van der Waals surface area contributed by atoms with Crippen LogP contribution in [0.15, 0.2) is 42.7 Å². The maximum atomic E-state index is 13.9. The second-order valence-electron chi connectivity index (χ2n) is 6.46. The fraction of sp³-hybridized carbons (Fsp3) is 0.263. The molecule has 3 aromatic rings. The van der Waals surface area contributed by atoms with Gasteiger partial charge in [-0.3, -0.25) is 4.79 Å². The Balaban J connectivity index is 1.50. The van der Waals surface area contributed by atoms with Crippen molar-refractivity contribution in [3.8, 4) is 5.82 Å². The molecule has 0 unspecified atom stereocenters. The van der Waals surface area contributed by atoms with Crippen molar-refractivity contribution in [1.82, 2.24) is 24.6 Å². The average Bonchev–Trinajstić information content (AvgIpc) is 3.22. The first-order valence-electron chi connectivity index (χ1n) is 8.87. The van der Waals surface area contributed by atoms with E-state index in [0.29, 0.717) is 37.8 Å². The zero-order valence-electron chi connectivity index (χ0n) is 15.2. The van der Waals surface area contributed by atoms with Gasteiger partial charge in [-0.1, -0.05) is 6.07 Å². The highest BCUT2D eigenvalue weighted by Gasteiger charge is 2.27. The molecule has 1 amide bonds. The van der Waals surface area contributed by atoms with E-state index in [2.05, 4.69) is 15.1 Å². The van der Waals surface area contributed by atoms with Gasteiger partial charge in [0.1, 0.15) is 28.8 Å². The number of hydrogen-bond acceptors (Lipinski definition) is 5. The van der Waals surface area contributed by atoms with Crippen LogP contribution in [-0.2, 0) is 0 Å². The molecule has 0 radical (unpaired) electrons. The number of anilines is 1. The van der Waals surface area contributed by atoms with E-state index in [1.165, 1.54) is 11.0 Å². The van der Waals surface area contributed by atoms with E-state index in [0.717, 1.165) is 18.0 Å². The zero-order valence-corrected chi connectivity index (χ0v) is 15.2. The van der Waals surface area contributed by atoms with Gasteiger partial charge in [0.2, 0.25) is 0 Å². The quantitative estimate of drug-likeness (QED) is 0.693. The molecular weight excluding hydrogens is 366 g/mol. The molecular formula is C19H18F2N6O. The zero-order chi connectivity index (χ0) is 19.7. The summed E-state index contributed by atoms with van der Waals surface area (Å²) >= 11 is 0. The number of hydrogen-bond donors (Lipinski definition) is 0. The van der Waals surface area contributed by atoms with E-state index in [1.807, 2.05) is 17.0 Å². The van der Waals surface area contributed by atoms with Gasteiger partial charge in [0.25, 0.3) is 5.91 Å². The van der Waals surface area contributed by atoms with Crippen LogP contribution in [0.25, 0.3) is 5.82 Å². The molecule has 28 heavy (non-hydrogen) atoms. The number of nitrogens with zero attached hydrogens (tertiary/aromatic N) is 6. The first-order valence-corrected chi connectivity index (χ1v) is 8.87. The van der Waals surface area contributed by atoms with Crippen molar-refractivity contribution in [3.63, 3.8) is 0 Å². The van der Waals surface area contributed by atoms with Crippen molar-refractivity contribution in [2.75, 3.05) is 31.1 Å². The van der Waals surface area contributed by atoms with Gasteiger partial charge < -0.3 is 9.80 Å². The Labute approximate surface area is 160 Å². The lowest BCUT2D eigenvalue weighted by molar-refractivity contribution is 0.0736. The van der Waals surface area contributed by atoms with Crippen LogP contribution < -0.4 is 4.90 Å². The van der Waals surface area contributed by atoms with Crippen LogP contribution in [0.1, 0.15) is 16.2 Å². The van der Waals surface area contributed by atoms with Crippen molar-refractivity contribution in [2.24, 2.45) is 0 Å². The second kappa shape index (κ2) is 7.34. The van der Waals surface area contributed by atoms with Crippen LogP contribution in [0.5, 0.6) is 0 Å². The number of rotatable bonds is 3. The molecule has 144 valence electrons. The number of carbonyl (C=O) groups excluding carboxylic acids is 1. The minimum atomic E-state index is -0.845. The summed E-state index contributed by atoms with van der Waals surface area (Å²) in [6, 6.07) is 7.06. The predicted octanol–water partition coefficient (Wildman–Crippen LogP) is 2.21. The second-order valence-corrected chi connectivity index (χ2v) is 6.46. The summed E-state index contributed by atoms with van der Waals surface area (Å²) in [5, 5.41) is 4.18. The lowest BCUT2D eigenvalue weighted by atomic mass is 10.1. The maximum Gasteiger partial charge on any atom is 0.259 e. The summed E-state index contributed by atoms with van der Waals surface area (Å²) in [7, 11) is 0. The van der Waals surface area contributed by atoms with Gasteiger partial charge >= 0.3 is 0 Å². The molecule has 4 rings (SSSR count). The lowest BCUT2D eigenvalue weighted by Crippen LogP contribution is -2.49. The van der Waals surface area contributed by atoms with Crippen molar-refractivity contribution in [2.45, 2.75) is 6.92 Å². The Morgan fingerprint density at radius 2 is 1.68 bits per heavy atom. The van der Waals surface area contributed by atoms with Gasteiger partial charge in [-0.05, 0) is 25.1 Å². The first kappa shape index (κ1) is 18.0. The van der Waals surface area contributed by atoms with Crippen LogP contribution in [0.2, 0.25) is 0 Å². The number of carbonyl (C=O) groups is 1. The van der Waals surface area contributed by atoms with E-state index in [4.69, 9.17) is 0 Å². The van der Waals surface area contributed by atoms with Gasteiger partial charge in [0.15, 0.2) is 5.82 Å². The predicted molar refractivity (Wildman–Crippen MR) is 98.4 cm³/mol. The number of aromatic nitrogens is 4. The summed E-state index contributed by atoms with van der Waals surface area (Å²) in [5.41, 5.74) is -0.505. The third kappa shape index (κ3) is 3.42. The molecule has 1 aromatic carbocycles. The molecule has 0 spiro atoms. The SMILES string of the molecule is Cc1nc(N2CCN(C(=O)c3c(F)cccc3F)CC2)cc(-n2cccn2)n1. The minimum absolute atomic E-state index is 0.340. The van der Waals surface area contributed by atoms with Crippen LogP contribution >= 0.6 is 0 Å². The number of amides is 1. The Morgan fingerprint density at radius 3 is 2.32 bits per heavy atom. The van der Waals surface area contributed by atoms with Crippen LogP contribution in [-0.4, -0.2) is 56.7 Å². The summed E-state index contributed by atoms with van der Waals surface area (Å²) in [6.45, 7) is 3.48. The molecule has 0 atom stereocenters. The molecule has 1 fully saturated rings. The first-order chi connectivity index (χ1) is 13.5. The smallest absolute Gasteiger partial charge is 0.259 e. The topological polar surface area (TPSA) is 67.2 Å². The third-order valence-corrected chi connectivity index (χ3v) is 4.62. The van der Waals surface area contributed by atoms with Gasteiger partial charge in [-0.25, -0.2) is 23.4 Å². The van der Waals surface area contributed by atoms with Gasteiger partial charge in [-0.2, -0.15) is 5.10 Å². The van der Waals surface area contributed by atoms with Gasteiger partial charge in [0, 0.05) is 44.6 Å². The van der Waals surface area contributed by atoms with E-state index >= 15 is 0 Å². The average molecular weight is 384 g/mol. The molecule has 1 aliphatic heterocycles. The van der Waals surface area contributed by atoms with Crippen molar-refractivity contribution in [1.29, 1.82) is 0 Å². The van der Waals surface area contributed by atoms with Crippen molar-refractivity contribution < 1.29 is 13.6 Å². The summed E-state index contributed by atoms with van der Waals surface area (Å²) in [6.07, 6.45) is 3.47. The third-order valence-electron chi connectivity index (χ3n) is 4.62. The van der Waals surface area contributed by atoms with E-state index in [-0.39, 0.29) is 0 Å². The monoisotopic (exact) mass is 384 g/mol. The molecule has 0 bridgehead atoms. The standard InChI is InChI=1S/C19H18F2N6O/c1-13-23-16(12-17(24-13)27-7-3-6-22-27)25-8-10-26(11-9-25)19(28)18-14(20)4-2-5-15(18)21/h2-7,12H,8-11H2,1H3. The molecule has 7 nitrogen and oxygen atoms in total. The van der Waals surface area contributed by atoms with Crippen molar-refractivity contribution in [3.05, 3.63) is 65.7 Å². The summed E-state index contributed by atoms with van der Waals surface area (Å²) in [4.78, 5) is 24.9. The minimum Gasteiger partial charge on any atom is -0.353 e. The van der Waals surface area contributed by atoms with Crippen LogP contribution in [0, 0.1) is 18.6 Å². The number of halogens is 2. The van der Waals surface area contributed by atoms with Gasteiger partial charge in [0.05, 0.1) is 0 Å². The maximum absolute atomic E-state index is 13.9. The molecule has 1 saturated heterocycles. The van der Waals surface area contributed by atoms with E-state index < -0.39 is 23.1 Å². The summed E-state index contributed by atoms with van der Waals surface area (Å²) in [5.74, 6) is -0.340. The highest BCUT2D eigenvalue weighted by Crippen LogP contribution is 2.20. The Kier molecular flexibility index (Phi) is 4.72. The van der Waals surface area contributed by atoms with Crippen LogP contribution in [0.4, 0.5) is 14.6 Å². The molecule has 0 N–H and O–H groups in total. The van der Waals surface area contributed by atoms with Crippen LogP contribution in [0.3, 0.4) is 0 Å². The number of piperazine rings is 1. The number of aryl methyl sites for hydroxylation is 1. The highest BCUT2D eigenvalue weighted by molar-refractivity contribution is 5.95. The molecule has 1 aliphatic rings.